The van der Waals surface area contributed by atoms with Crippen LogP contribution in [0.15, 0.2) is 22.7 Å². The molecule has 1 aromatic heterocycles. The third kappa shape index (κ3) is 4.55. The van der Waals surface area contributed by atoms with Gasteiger partial charge in [-0.3, -0.25) is 0 Å². The van der Waals surface area contributed by atoms with Crippen molar-refractivity contribution in [1.82, 2.24) is 10.1 Å². The molecule has 1 aromatic carbocycles. The molecule has 1 fully saturated rings. The predicted molar refractivity (Wildman–Crippen MR) is 92.8 cm³/mol. The van der Waals surface area contributed by atoms with Crippen molar-refractivity contribution in [2.45, 2.75) is 37.8 Å². The molecule has 0 radical (unpaired) electrons. The van der Waals surface area contributed by atoms with Crippen molar-refractivity contribution in [2.75, 3.05) is 20.3 Å². The van der Waals surface area contributed by atoms with Gasteiger partial charge in [-0.15, -0.1) is 12.4 Å². The van der Waals surface area contributed by atoms with Gasteiger partial charge in [-0.2, -0.15) is 4.98 Å². The van der Waals surface area contributed by atoms with Crippen molar-refractivity contribution in [1.29, 1.82) is 0 Å². The van der Waals surface area contributed by atoms with E-state index in [9.17, 15) is 4.39 Å². The molecule has 1 saturated carbocycles. The zero-order valence-electron chi connectivity index (χ0n) is 14.2. The standard InChI is InChI=1S/C17H22FN3O3.ClH/c1-22-8-9-23-11-13-10-12(4-5-14(13)18)15-20-16(21-24-15)17(19)6-2-3-7-17;/h4-5,10H,2-3,6-9,11,19H2,1H3;1H. The van der Waals surface area contributed by atoms with Gasteiger partial charge in [-0.1, -0.05) is 18.0 Å². The van der Waals surface area contributed by atoms with Gasteiger partial charge < -0.3 is 19.7 Å². The van der Waals surface area contributed by atoms with E-state index in [1.165, 1.54) is 6.07 Å². The molecule has 25 heavy (non-hydrogen) atoms. The molecule has 0 bridgehead atoms. The minimum atomic E-state index is -0.506. The maximum absolute atomic E-state index is 13.9. The predicted octanol–water partition coefficient (Wildman–Crippen LogP) is 3.19. The lowest BCUT2D eigenvalue weighted by atomic mass is 9.98. The number of ether oxygens (including phenoxy) is 2. The monoisotopic (exact) mass is 371 g/mol. The molecule has 0 spiro atoms. The number of nitrogens with zero attached hydrogens (tertiary/aromatic N) is 2. The van der Waals surface area contributed by atoms with Gasteiger partial charge >= 0.3 is 0 Å². The van der Waals surface area contributed by atoms with Crippen molar-refractivity contribution in [3.63, 3.8) is 0 Å². The van der Waals surface area contributed by atoms with Gasteiger partial charge in [0.1, 0.15) is 5.82 Å². The van der Waals surface area contributed by atoms with Crippen LogP contribution in [0.25, 0.3) is 11.5 Å². The van der Waals surface area contributed by atoms with Crippen molar-refractivity contribution in [3.05, 3.63) is 35.4 Å². The van der Waals surface area contributed by atoms with E-state index >= 15 is 0 Å². The number of benzene rings is 1. The molecule has 1 heterocycles. The summed E-state index contributed by atoms with van der Waals surface area (Å²) < 4.78 is 29.5. The summed E-state index contributed by atoms with van der Waals surface area (Å²) >= 11 is 0. The van der Waals surface area contributed by atoms with Crippen molar-refractivity contribution in [2.24, 2.45) is 5.73 Å². The quantitative estimate of drug-likeness (QED) is 0.752. The maximum atomic E-state index is 13.9. The summed E-state index contributed by atoms with van der Waals surface area (Å²) in [4.78, 5) is 4.43. The summed E-state index contributed by atoms with van der Waals surface area (Å²) in [6, 6.07) is 4.66. The Morgan fingerprint density at radius 1 is 1.28 bits per heavy atom. The topological polar surface area (TPSA) is 83.4 Å². The van der Waals surface area contributed by atoms with Crippen LogP contribution in [0.4, 0.5) is 4.39 Å². The third-order valence-corrected chi connectivity index (χ3v) is 4.35. The smallest absolute Gasteiger partial charge is 0.258 e. The highest BCUT2D eigenvalue weighted by molar-refractivity contribution is 5.85. The summed E-state index contributed by atoms with van der Waals surface area (Å²) in [6.07, 6.45) is 3.85. The first-order chi connectivity index (χ1) is 11.6. The molecule has 2 aromatic rings. The molecule has 138 valence electrons. The molecule has 1 aliphatic rings. The zero-order chi connectivity index (χ0) is 17.0. The summed E-state index contributed by atoms with van der Waals surface area (Å²) in [7, 11) is 1.59. The molecule has 1 aliphatic carbocycles. The summed E-state index contributed by atoms with van der Waals surface area (Å²) in [5.41, 5.74) is 6.93. The highest BCUT2D eigenvalue weighted by Gasteiger charge is 2.36. The fourth-order valence-electron chi connectivity index (χ4n) is 2.92. The van der Waals surface area contributed by atoms with Gasteiger partial charge in [0.25, 0.3) is 5.89 Å². The van der Waals surface area contributed by atoms with Gasteiger partial charge in [0, 0.05) is 18.2 Å². The van der Waals surface area contributed by atoms with Crippen molar-refractivity contribution < 1.29 is 18.4 Å². The number of hydrogen-bond donors (Lipinski definition) is 1. The Bertz CT molecular complexity index is 690. The molecular weight excluding hydrogens is 349 g/mol. The van der Waals surface area contributed by atoms with Gasteiger partial charge in [0.05, 0.1) is 25.4 Å². The normalized spacial score (nSPS) is 16.0. The molecule has 0 atom stereocenters. The Kier molecular flexibility index (Phi) is 6.89. The molecule has 0 unspecified atom stereocenters. The molecule has 0 aliphatic heterocycles. The second kappa shape index (κ2) is 8.71. The molecule has 8 heteroatoms. The molecule has 3 rings (SSSR count). The highest BCUT2D eigenvalue weighted by atomic mass is 35.5. The van der Waals surface area contributed by atoms with Crippen LogP contribution in [0.1, 0.15) is 37.1 Å². The van der Waals surface area contributed by atoms with Crippen molar-refractivity contribution in [3.8, 4) is 11.5 Å². The fraction of sp³-hybridized carbons (Fsp3) is 0.529. The lowest BCUT2D eigenvalue weighted by Gasteiger charge is -2.17. The Morgan fingerprint density at radius 3 is 2.76 bits per heavy atom. The van der Waals surface area contributed by atoms with Crippen LogP contribution in [0.2, 0.25) is 0 Å². The van der Waals surface area contributed by atoms with E-state index in [-0.39, 0.29) is 24.8 Å². The number of nitrogens with two attached hydrogens (primary N) is 1. The maximum Gasteiger partial charge on any atom is 0.258 e. The third-order valence-electron chi connectivity index (χ3n) is 4.35. The number of halogens is 2. The SMILES string of the molecule is COCCOCc1cc(-c2nc(C3(N)CCCC3)no2)ccc1F.Cl. The minimum absolute atomic E-state index is 0. The van der Waals surface area contributed by atoms with E-state index in [0.717, 1.165) is 25.7 Å². The van der Waals surface area contributed by atoms with Crippen LogP contribution in [-0.2, 0) is 21.6 Å². The number of methoxy groups -OCH3 is 1. The van der Waals surface area contributed by atoms with E-state index in [1.807, 2.05) is 0 Å². The molecule has 2 N–H and O–H groups in total. The molecule has 0 amide bonds. The number of aromatic nitrogens is 2. The highest BCUT2D eigenvalue weighted by Crippen LogP contribution is 2.35. The lowest BCUT2D eigenvalue weighted by Crippen LogP contribution is -2.34. The second-order valence-corrected chi connectivity index (χ2v) is 6.14. The van der Waals surface area contributed by atoms with Crippen LogP contribution >= 0.6 is 12.4 Å². The first-order valence-corrected chi connectivity index (χ1v) is 8.11. The second-order valence-electron chi connectivity index (χ2n) is 6.14. The first-order valence-electron chi connectivity index (χ1n) is 8.11. The van der Waals surface area contributed by atoms with E-state index in [4.69, 9.17) is 19.7 Å². The van der Waals surface area contributed by atoms with E-state index in [2.05, 4.69) is 10.1 Å². The van der Waals surface area contributed by atoms with Gasteiger partial charge in [0.15, 0.2) is 5.82 Å². The number of rotatable bonds is 7. The van der Waals surface area contributed by atoms with Crippen LogP contribution in [0, 0.1) is 5.82 Å². The summed E-state index contributed by atoms with van der Waals surface area (Å²) in [6.45, 7) is 1.03. The Balaban J connectivity index is 0.00000225. The van der Waals surface area contributed by atoms with Crippen LogP contribution in [0.5, 0.6) is 0 Å². The van der Waals surface area contributed by atoms with E-state index in [1.54, 1.807) is 19.2 Å². The lowest BCUT2D eigenvalue weighted by molar-refractivity contribution is 0.0604. The number of hydrogen-bond acceptors (Lipinski definition) is 6. The Labute approximate surface area is 152 Å². The fourth-order valence-corrected chi connectivity index (χ4v) is 2.92. The van der Waals surface area contributed by atoms with E-state index in [0.29, 0.717) is 36.1 Å². The average Bonchev–Trinajstić information content (AvgIpc) is 3.23. The minimum Gasteiger partial charge on any atom is -0.382 e. The largest absolute Gasteiger partial charge is 0.382 e. The molecule has 0 saturated heterocycles. The average molecular weight is 372 g/mol. The zero-order valence-corrected chi connectivity index (χ0v) is 15.0. The summed E-state index contributed by atoms with van der Waals surface area (Å²) in [5.74, 6) is 0.541. The first kappa shape index (κ1) is 19.8. The molecule has 6 nitrogen and oxygen atoms in total. The summed E-state index contributed by atoms with van der Waals surface area (Å²) in [5, 5.41) is 4.03. The van der Waals surface area contributed by atoms with Gasteiger partial charge in [0.2, 0.25) is 0 Å². The van der Waals surface area contributed by atoms with Crippen molar-refractivity contribution >= 4 is 12.4 Å². The van der Waals surface area contributed by atoms with Gasteiger partial charge in [-0.05, 0) is 31.0 Å². The Morgan fingerprint density at radius 2 is 2.04 bits per heavy atom. The van der Waals surface area contributed by atoms with Crippen LogP contribution < -0.4 is 5.73 Å². The Hall–Kier alpha value is -1.54. The van der Waals surface area contributed by atoms with Crippen LogP contribution in [0.3, 0.4) is 0 Å². The van der Waals surface area contributed by atoms with Gasteiger partial charge in [-0.25, -0.2) is 4.39 Å². The van der Waals surface area contributed by atoms with E-state index < -0.39 is 5.54 Å². The molecular formula is C17H23ClFN3O3. The van der Waals surface area contributed by atoms with Crippen LogP contribution in [-0.4, -0.2) is 30.5 Å².